The first-order valence-electron chi connectivity index (χ1n) is 8.86. The van der Waals surface area contributed by atoms with Gasteiger partial charge in [-0.3, -0.25) is 0 Å². The van der Waals surface area contributed by atoms with Gasteiger partial charge in [0.2, 0.25) is 0 Å². The first kappa shape index (κ1) is 22.3. The van der Waals surface area contributed by atoms with Crippen molar-refractivity contribution in [3.8, 4) is 0 Å². The number of aliphatic hydroxyl groups is 1. The van der Waals surface area contributed by atoms with Crippen molar-refractivity contribution in [1.29, 1.82) is 0 Å². The van der Waals surface area contributed by atoms with E-state index in [2.05, 4.69) is 25.2 Å². The zero-order valence-electron chi connectivity index (χ0n) is 16.1. The monoisotopic (exact) mass is 498 g/mol. The number of carbonyl (C=O) groups excluding carboxylic acids is 2. The molecule has 0 saturated carbocycles. The van der Waals surface area contributed by atoms with Crippen molar-refractivity contribution in [2.75, 3.05) is 25.1 Å². The Labute approximate surface area is 172 Å². The predicted molar refractivity (Wildman–Crippen MR) is 119 cm³/mol. The molecule has 0 unspecified atom stereocenters. The van der Waals surface area contributed by atoms with Crippen LogP contribution in [-0.4, -0.2) is 42.1 Å². The van der Waals surface area contributed by atoms with Gasteiger partial charge in [-0.1, -0.05) is 0 Å². The van der Waals surface area contributed by atoms with E-state index in [-0.39, 0.29) is 25.0 Å². The van der Waals surface area contributed by atoms with Gasteiger partial charge in [0.25, 0.3) is 0 Å². The fourth-order valence-electron chi connectivity index (χ4n) is 2.56. The van der Waals surface area contributed by atoms with E-state index in [4.69, 9.17) is 10.8 Å². The molecule has 0 aliphatic heterocycles. The number of rotatable bonds is 9. The van der Waals surface area contributed by atoms with Crippen LogP contribution in [0.4, 0.5) is 0 Å². The van der Waals surface area contributed by atoms with E-state index in [0.717, 1.165) is 14.7 Å². The van der Waals surface area contributed by atoms with Gasteiger partial charge < -0.3 is 0 Å². The maximum atomic E-state index is 12.0. The number of alkyl halides is 1. The molecule has 0 atom stereocenters. The predicted octanol–water partition coefficient (Wildman–Crippen LogP) is 1.24. The molecule has 6 N–H and O–H groups in total. The fraction of sp³-hybridized carbons (Fsp3) is 0.300. The van der Waals surface area contributed by atoms with Gasteiger partial charge in [0, 0.05) is 0 Å². The summed E-state index contributed by atoms with van der Waals surface area (Å²) >= 11 is -1.72. The van der Waals surface area contributed by atoms with Gasteiger partial charge in [-0.25, -0.2) is 0 Å². The van der Waals surface area contributed by atoms with Crippen LogP contribution in [0.2, 0.25) is 0 Å². The van der Waals surface area contributed by atoms with E-state index in [1.54, 1.807) is 13.1 Å². The number of aliphatic hydroxyl groups excluding tert-OH is 1. The maximum absolute atomic E-state index is 12.0. The molecule has 0 bridgehead atoms. The standard InChI is InChI=1S/C20H27IN4O3/c1-21(18-10-15(12-22)9-17(11-18)19(27)23-2)25-13-14-4-3-5-16(8-14)20(28)24-6-7-26/h3-5,8-11,25-26H,6-7,12-13,22H2,1-2H3,(H,23,27)(H,24,28). The van der Waals surface area contributed by atoms with Crippen LogP contribution in [0.25, 0.3) is 0 Å². The summed E-state index contributed by atoms with van der Waals surface area (Å²) in [4.78, 5) is 26.2. The Morgan fingerprint density at radius 2 is 1.82 bits per heavy atom. The second-order valence-corrected chi connectivity index (χ2v) is 10.8. The third-order valence-corrected chi connectivity index (χ3v) is 8.08. The number of benzene rings is 2. The van der Waals surface area contributed by atoms with E-state index in [0.29, 0.717) is 24.2 Å². The normalized spacial score (nSPS) is 11.1. The second kappa shape index (κ2) is 11.1. The van der Waals surface area contributed by atoms with Crippen molar-refractivity contribution >= 4 is 31.9 Å². The van der Waals surface area contributed by atoms with Gasteiger partial charge in [0.15, 0.2) is 0 Å². The first-order valence-corrected chi connectivity index (χ1v) is 13.2. The summed E-state index contributed by atoms with van der Waals surface area (Å²) in [5, 5.41) is 14.1. The van der Waals surface area contributed by atoms with Gasteiger partial charge in [0.05, 0.1) is 0 Å². The second-order valence-electron chi connectivity index (χ2n) is 6.09. The Morgan fingerprint density at radius 3 is 2.50 bits per heavy atom. The molecule has 2 amide bonds. The van der Waals surface area contributed by atoms with Crippen LogP contribution in [-0.2, 0) is 13.1 Å². The summed E-state index contributed by atoms with van der Waals surface area (Å²) in [6.07, 6.45) is 0. The zero-order valence-corrected chi connectivity index (χ0v) is 18.2. The van der Waals surface area contributed by atoms with E-state index in [1.807, 2.05) is 30.3 Å². The van der Waals surface area contributed by atoms with Crippen molar-refractivity contribution < 1.29 is 14.7 Å². The third kappa shape index (κ3) is 6.26. The van der Waals surface area contributed by atoms with Gasteiger partial charge >= 0.3 is 173 Å². The fourth-order valence-corrected chi connectivity index (χ4v) is 5.68. The number of hydrogen-bond acceptors (Lipinski definition) is 5. The molecule has 0 saturated heterocycles. The molecule has 0 spiro atoms. The molecule has 152 valence electrons. The molecule has 7 nitrogen and oxygen atoms in total. The molecule has 2 aromatic rings. The van der Waals surface area contributed by atoms with Crippen molar-refractivity contribution in [3.05, 3.63) is 68.3 Å². The average Bonchev–Trinajstić information content (AvgIpc) is 2.74. The van der Waals surface area contributed by atoms with Gasteiger partial charge in [-0.05, 0) is 0 Å². The average molecular weight is 498 g/mol. The van der Waals surface area contributed by atoms with Crippen LogP contribution in [0.15, 0.2) is 42.5 Å². The molecule has 0 radical (unpaired) electrons. The summed E-state index contributed by atoms with van der Waals surface area (Å²) in [6, 6.07) is 13.2. The zero-order chi connectivity index (χ0) is 20.5. The Bertz CT molecular complexity index is 829. The van der Waals surface area contributed by atoms with Crippen LogP contribution in [0.3, 0.4) is 0 Å². The first-order chi connectivity index (χ1) is 13.5. The van der Waals surface area contributed by atoms with Crippen molar-refractivity contribution in [2.45, 2.75) is 13.1 Å². The van der Waals surface area contributed by atoms with Gasteiger partial charge in [-0.2, -0.15) is 0 Å². The molecule has 2 rings (SSSR count). The number of carbonyl (C=O) groups is 2. The third-order valence-electron chi connectivity index (χ3n) is 4.07. The Kier molecular flexibility index (Phi) is 8.84. The molecule has 0 heterocycles. The number of amides is 2. The topological polar surface area (TPSA) is 116 Å². The molecule has 0 aromatic heterocycles. The minimum absolute atomic E-state index is 0.0866. The summed E-state index contributed by atoms with van der Waals surface area (Å²) in [5.41, 5.74) is 8.91. The van der Waals surface area contributed by atoms with Crippen LogP contribution in [0.1, 0.15) is 31.8 Å². The van der Waals surface area contributed by atoms with Crippen molar-refractivity contribution in [1.82, 2.24) is 14.2 Å². The van der Waals surface area contributed by atoms with E-state index < -0.39 is 20.1 Å². The van der Waals surface area contributed by atoms with Crippen LogP contribution >= 0.6 is 20.1 Å². The Balaban J connectivity index is 2.09. The minimum atomic E-state index is -1.72. The molecule has 0 aliphatic carbocycles. The Morgan fingerprint density at radius 1 is 1.07 bits per heavy atom. The van der Waals surface area contributed by atoms with Gasteiger partial charge in [0.1, 0.15) is 0 Å². The molecular formula is C20H27IN4O3. The molecule has 28 heavy (non-hydrogen) atoms. The molecular weight excluding hydrogens is 471 g/mol. The Hall–Kier alpha value is -2.01. The van der Waals surface area contributed by atoms with Crippen LogP contribution < -0.4 is 19.9 Å². The quantitative estimate of drug-likeness (QED) is 0.203. The summed E-state index contributed by atoms with van der Waals surface area (Å²) in [5.74, 6) is -0.323. The summed E-state index contributed by atoms with van der Waals surface area (Å²) < 4.78 is 4.70. The molecule has 0 fully saturated rings. The van der Waals surface area contributed by atoms with E-state index in [1.165, 1.54) is 0 Å². The SMILES string of the molecule is CNC(=O)c1cc(CN)cc(I(C)NCc2cccc(C(=O)NCCO)c2)c1. The number of hydrogen-bond donors (Lipinski definition) is 5. The molecule has 2 aromatic carbocycles. The van der Waals surface area contributed by atoms with Crippen molar-refractivity contribution in [2.24, 2.45) is 5.73 Å². The number of nitrogens with one attached hydrogen (secondary N) is 3. The summed E-state index contributed by atoms with van der Waals surface area (Å²) in [6.45, 7) is 1.16. The molecule has 0 aliphatic rings. The van der Waals surface area contributed by atoms with Gasteiger partial charge in [-0.15, -0.1) is 0 Å². The van der Waals surface area contributed by atoms with E-state index in [9.17, 15) is 9.59 Å². The van der Waals surface area contributed by atoms with Crippen LogP contribution in [0, 0.1) is 3.57 Å². The molecule has 8 heteroatoms. The van der Waals surface area contributed by atoms with Crippen molar-refractivity contribution in [3.63, 3.8) is 0 Å². The summed E-state index contributed by atoms with van der Waals surface area (Å²) in [7, 11) is 1.61. The number of nitrogens with two attached hydrogens (primary N) is 1. The van der Waals surface area contributed by atoms with Crippen LogP contribution in [0.5, 0.6) is 0 Å². The number of halogens is 1. The van der Waals surface area contributed by atoms with E-state index >= 15 is 0 Å².